The van der Waals surface area contributed by atoms with E-state index in [1.807, 2.05) is 54.6 Å². The minimum absolute atomic E-state index is 0.0563. The van der Waals surface area contributed by atoms with Gasteiger partial charge in [0, 0.05) is 28.8 Å². The van der Waals surface area contributed by atoms with Crippen LogP contribution in [0.25, 0.3) is 22.8 Å². The number of oxazole rings is 1. The molecule has 8 heteroatoms. The second-order valence-electron chi connectivity index (χ2n) is 9.48. The number of methoxy groups -OCH3 is 2. The molecule has 1 aromatic heterocycles. The molecule has 4 aromatic rings. The van der Waals surface area contributed by atoms with E-state index >= 15 is 0 Å². The number of carbonyl (C=O) groups excluding carboxylic acids is 2. The van der Waals surface area contributed by atoms with Crippen LogP contribution in [0.3, 0.4) is 0 Å². The Morgan fingerprint density at radius 2 is 1.59 bits per heavy atom. The lowest BCUT2D eigenvalue weighted by Gasteiger charge is -2.20. The summed E-state index contributed by atoms with van der Waals surface area (Å²) in [6.45, 7) is 0. The zero-order valence-corrected chi connectivity index (χ0v) is 22.0. The first-order valence-electron chi connectivity index (χ1n) is 13.1. The standard InChI is InChI=1S/C31H31N3O5/c1-37-24-17-18-26(38-2)25(19-24)33-30(36)27-28(39-31(34-27)22-11-7-4-8-12-22)20-13-15-23(16-14-20)32-29(35)21-9-5-3-6-10-21/h4,7-8,11-19,21H,3,5-6,9-10H2,1-2H3,(H,32,35)(H,33,36). The summed E-state index contributed by atoms with van der Waals surface area (Å²) in [4.78, 5) is 30.8. The van der Waals surface area contributed by atoms with Crippen molar-refractivity contribution in [2.24, 2.45) is 5.92 Å². The SMILES string of the molecule is COc1ccc(OC)c(NC(=O)c2nc(-c3ccccc3)oc2-c2ccc(NC(=O)C3CCCCC3)cc2)c1. The van der Waals surface area contributed by atoms with Crippen LogP contribution in [-0.4, -0.2) is 31.0 Å². The highest BCUT2D eigenvalue weighted by atomic mass is 16.5. The topological polar surface area (TPSA) is 103 Å². The maximum atomic E-state index is 13.5. The van der Waals surface area contributed by atoms with Crippen LogP contribution in [0, 0.1) is 5.92 Å². The highest BCUT2D eigenvalue weighted by molar-refractivity contribution is 6.07. The fourth-order valence-corrected chi connectivity index (χ4v) is 4.78. The van der Waals surface area contributed by atoms with E-state index in [4.69, 9.17) is 13.9 Å². The molecule has 200 valence electrons. The van der Waals surface area contributed by atoms with E-state index in [9.17, 15) is 9.59 Å². The van der Waals surface area contributed by atoms with Gasteiger partial charge in [0.15, 0.2) is 11.5 Å². The lowest BCUT2D eigenvalue weighted by atomic mass is 9.88. The van der Waals surface area contributed by atoms with Gasteiger partial charge in [-0.3, -0.25) is 9.59 Å². The molecule has 0 spiro atoms. The van der Waals surface area contributed by atoms with Crippen molar-refractivity contribution < 1.29 is 23.5 Å². The number of anilines is 2. The summed E-state index contributed by atoms with van der Waals surface area (Å²) in [5.74, 6) is 1.35. The Hall–Kier alpha value is -4.59. The van der Waals surface area contributed by atoms with Crippen LogP contribution in [0.15, 0.2) is 77.2 Å². The largest absolute Gasteiger partial charge is 0.497 e. The first-order chi connectivity index (χ1) is 19.1. The fraction of sp³-hybridized carbons (Fsp3) is 0.258. The Bertz CT molecular complexity index is 1440. The summed E-state index contributed by atoms with van der Waals surface area (Å²) in [7, 11) is 3.08. The number of nitrogens with zero attached hydrogens (tertiary/aromatic N) is 1. The van der Waals surface area contributed by atoms with Crippen LogP contribution in [0.4, 0.5) is 11.4 Å². The van der Waals surface area contributed by atoms with Crippen molar-refractivity contribution in [2.45, 2.75) is 32.1 Å². The third kappa shape index (κ3) is 5.95. The third-order valence-corrected chi connectivity index (χ3v) is 6.91. The monoisotopic (exact) mass is 525 g/mol. The highest BCUT2D eigenvalue weighted by Crippen LogP contribution is 2.34. The number of aromatic nitrogens is 1. The minimum atomic E-state index is -0.461. The molecule has 0 unspecified atom stereocenters. The van der Waals surface area contributed by atoms with Crippen molar-refractivity contribution in [2.75, 3.05) is 24.9 Å². The lowest BCUT2D eigenvalue weighted by Crippen LogP contribution is -2.24. The quantitative estimate of drug-likeness (QED) is 0.262. The van der Waals surface area contributed by atoms with Crippen molar-refractivity contribution in [1.29, 1.82) is 0 Å². The van der Waals surface area contributed by atoms with Crippen LogP contribution < -0.4 is 20.1 Å². The predicted octanol–water partition coefficient (Wildman–Crippen LogP) is 6.80. The van der Waals surface area contributed by atoms with E-state index < -0.39 is 5.91 Å². The van der Waals surface area contributed by atoms with Gasteiger partial charge in [0.2, 0.25) is 11.8 Å². The van der Waals surface area contributed by atoms with Crippen molar-refractivity contribution in [3.63, 3.8) is 0 Å². The van der Waals surface area contributed by atoms with E-state index in [1.165, 1.54) is 13.5 Å². The molecule has 0 saturated heterocycles. The van der Waals surface area contributed by atoms with Gasteiger partial charge < -0.3 is 24.5 Å². The normalized spacial score (nSPS) is 13.5. The van der Waals surface area contributed by atoms with Gasteiger partial charge in [0.1, 0.15) is 11.5 Å². The maximum absolute atomic E-state index is 13.5. The van der Waals surface area contributed by atoms with Gasteiger partial charge >= 0.3 is 0 Å². The average molecular weight is 526 g/mol. The molecule has 1 saturated carbocycles. The van der Waals surface area contributed by atoms with Crippen LogP contribution in [0.1, 0.15) is 42.6 Å². The van der Waals surface area contributed by atoms with Gasteiger partial charge in [0.25, 0.3) is 5.91 Å². The van der Waals surface area contributed by atoms with Crippen molar-refractivity contribution >= 4 is 23.2 Å². The number of nitrogens with one attached hydrogen (secondary N) is 2. The van der Waals surface area contributed by atoms with E-state index in [0.717, 1.165) is 31.2 Å². The smallest absolute Gasteiger partial charge is 0.278 e. The molecule has 1 fully saturated rings. The van der Waals surface area contributed by atoms with E-state index in [0.29, 0.717) is 40.1 Å². The van der Waals surface area contributed by atoms with Gasteiger partial charge in [-0.25, -0.2) is 4.98 Å². The Labute approximate surface area is 227 Å². The van der Waals surface area contributed by atoms with Crippen molar-refractivity contribution in [3.8, 4) is 34.3 Å². The number of rotatable bonds is 8. The molecule has 0 radical (unpaired) electrons. The van der Waals surface area contributed by atoms with Gasteiger partial charge in [-0.2, -0.15) is 0 Å². The summed E-state index contributed by atoms with van der Waals surface area (Å²) in [5.41, 5.74) is 2.66. The molecule has 0 atom stereocenters. The van der Waals surface area contributed by atoms with Crippen LogP contribution in [0.2, 0.25) is 0 Å². The van der Waals surface area contributed by atoms with Gasteiger partial charge in [0.05, 0.1) is 19.9 Å². The zero-order valence-electron chi connectivity index (χ0n) is 22.0. The van der Waals surface area contributed by atoms with Gasteiger partial charge in [-0.1, -0.05) is 37.5 Å². The molecule has 1 aliphatic rings. The number of hydrogen-bond acceptors (Lipinski definition) is 6. The number of amides is 2. The third-order valence-electron chi connectivity index (χ3n) is 6.91. The fourth-order valence-electron chi connectivity index (χ4n) is 4.78. The number of benzene rings is 3. The molecule has 39 heavy (non-hydrogen) atoms. The summed E-state index contributed by atoms with van der Waals surface area (Å²) in [5, 5.41) is 5.90. The molecule has 8 nitrogen and oxygen atoms in total. The first kappa shape index (κ1) is 26.0. The zero-order chi connectivity index (χ0) is 27.2. The molecular formula is C31H31N3O5. The number of ether oxygens (including phenoxy) is 2. The Morgan fingerprint density at radius 1 is 0.846 bits per heavy atom. The molecule has 0 bridgehead atoms. The summed E-state index contributed by atoms with van der Waals surface area (Å²) in [6, 6.07) is 21.8. The molecular weight excluding hydrogens is 494 g/mol. The Kier molecular flexibility index (Phi) is 7.91. The van der Waals surface area contributed by atoms with Crippen LogP contribution in [0.5, 0.6) is 11.5 Å². The minimum Gasteiger partial charge on any atom is -0.497 e. The first-order valence-corrected chi connectivity index (χ1v) is 13.1. The molecule has 2 amide bonds. The van der Waals surface area contributed by atoms with E-state index in [1.54, 1.807) is 25.3 Å². The van der Waals surface area contributed by atoms with Gasteiger partial charge in [-0.15, -0.1) is 0 Å². The molecule has 1 aliphatic carbocycles. The van der Waals surface area contributed by atoms with E-state index in [-0.39, 0.29) is 17.5 Å². The Morgan fingerprint density at radius 3 is 2.28 bits per heavy atom. The number of hydrogen-bond donors (Lipinski definition) is 2. The van der Waals surface area contributed by atoms with Crippen molar-refractivity contribution in [1.82, 2.24) is 4.98 Å². The van der Waals surface area contributed by atoms with Crippen LogP contribution in [-0.2, 0) is 4.79 Å². The average Bonchev–Trinajstić information content (AvgIpc) is 3.44. The Balaban J connectivity index is 1.44. The molecule has 2 N–H and O–H groups in total. The van der Waals surface area contributed by atoms with Crippen LogP contribution >= 0.6 is 0 Å². The summed E-state index contributed by atoms with van der Waals surface area (Å²) < 4.78 is 16.9. The summed E-state index contributed by atoms with van der Waals surface area (Å²) >= 11 is 0. The van der Waals surface area contributed by atoms with Crippen molar-refractivity contribution in [3.05, 3.63) is 78.5 Å². The second-order valence-corrected chi connectivity index (χ2v) is 9.48. The maximum Gasteiger partial charge on any atom is 0.278 e. The molecule has 0 aliphatic heterocycles. The van der Waals surface area contributed by atoms with E-state index in [2.05, 4.69) is 15.6 Å². The lowest BCUT2D eigenvalue weighted by molar-refractivity contribution is -0.120. The molecule has 3 aromatic carbocycles. The summed E-state index contributed by atoms with van der Waals surface area (Å²) in [6.07, 6.45) is 5.25. The highest BCUT2D eigenvalue weighted by Gasteiger charge is 2.24. The molecule has 1 heterocycles. The predicted molar refractivity (Wildman–Crippen MR) is 150 cm³/mol. The second kappa shape index (κ2) is 11.9. The molecule has 5 rings (SSSR count). The van der Waals surface area contributed by atoms with Gasteiger partial charge in [-0.05, 0) is 61.4 Å². The number of carbonyl (C=O) groups is 2.